The smallest absolute Gasteiger partial charge is 0.331 e. The van der Waals surface area contributed by atoms with Gasteiger partial charge in [-0.3, -0.25) is 4.79 Å². The van der Waals surface area contributed by atoms with Gasteiger partial charge in [-0.25, -0.2) is 4.79 Å². The molecule has 2 N–H and O–H groups in total. The van der Waals surface area contributed by atoms with Crippen molar-refractivity contribution in [3.63, 3.8) is 0 Å². The van der Waals surface area contributed by atoms with Gasteiger partial charge in [0.1, 0.15) is 0 Å². The van der Waals surface area contributed by atoms with E-state index in [9.17, 15) is 14.7 Å². The highest BCUT2D eigenvalue weighted by Gasteiger charge is 2.43. The Bertz CT molecular complexity index is 533. The van der Waals surface area contributed by atoms with E-state index in [0.717, 1.165) is 11.1 Å². The summed E-state index contributed by atoms with van der Waals surface area (Å²) in [6.45, 7) is 4.38. The van der Waals surface area contributed by atoms with Crippen molar-refractivity contribution in [1.29, 1.82) is 0 Å². The van der Waals surface area contributed by atoms with Gasteiger partial charge in [0.2, 0.25) is 5.91 Å². The third-order valence-electron chi connectivity index (χ3n) is 3.75. The molecule has 1 aromatic carbocycles. The van der Waals surface area contributed by atoms with E-state index in [4.69, 9.17) is 4.74 Å². The molecule has 1 heterocycles. The van der Waals surface area contributed by atoms with Gasteiger partial charge in [-0.1, -0.05) is 18.2 Å². The first kappa shape index (κ1) is 14.5. The van der Waals surface area contributed by atoms with Crippen LogP contribution in [0.15, 0.2) is 18.2 Å². The highest BCUT2D eigenvalue weighted by atomic mass is 16.5. The highest BCUT2D eigenvalue weighted by molar-refractivity contribution is 5.88. The maximum Gasteiger partial charge on any atom is 0.331 e. The highest BCUT2D eigenvalue weighted by Crippen LogP contribution is 2.19. The predicted molar refractivity (Wildman–Crippen MR) is 73.6 cm³/mol. The summed E-state index contributed by atoms with van der Waals surface area (Å²) >= 11 is 0. The number of carboxylic acids is 1. The van der Waals surface area contributed by atoms with Crippen molar-refractivity contribution in [2.45, 2.75) is 32.2 Å². The Labute approximate surface area is 117 Å². The molecular formula is C15H19NO4. The van der Waals surface area contributed by atoms with Crippen molar-refractivity contribution < 1.29 is 19.4 Å². The van der Waals surface area contributed by atoms with Crippen LogP contribution >= 0.6 is 0 Å². The number of benzene rings is 1. The molecule has 1 saturated heterocycles. The predicted octanol–water partition coefficient (Wildman–Crippen LogP) is 1.21. The first-order valence-corrected chi connectivity index (χ1v) is 6.61. The van der Waals surface area contributed by atoms with Gasteiger partial charge in [0.25, 0.3) is 0 Å². The molecule has 1 aromatic rings. The second-order valence-corrected chi connectivity index (χ2v) is 5.33. The number of rotatable bonds is 4. The third-order valence-corrected chi connectivity index (χ3v) is 3.75. The maximum atomic E-state index is 12.0. The lowest BCUT2D eigenvalue weighted by Crippen LogP contribution is -2.55. The Hall–Kier alpha value is -1.88. The van der Waals surface area contributed by atoms with E-state index in [1.165, 1.54) is 5.56 Å². The molecule has 2 rings (SSSR count). The SMILES string of the molecule is Cc1ccc(CC(=O)NC2(C(=O)O)CCOC2)cc1C. The van der Waals surface area contributed by atoms with E-state index in [-0.39, 0.29) is 18.9 Å². The summed E-state index contributed by atoms with van der Waals surface area (Å²) in [5.74, 6) is -1.33. The molecule has 1 unspecified atom stereocenters. The molecule has 1 aliphatic heterocycles. The Kier molecular flexibility index (Phi) is 4.09. The number of aliphatic carboxylic acids is 1. The largest absolute Gasteiger partial charge is 0.479 e. The molecule has 5 nitrogen and oxygen atoms in total. The van der Waals surface area contributed by atoms with Gasteiger partial charge >= 0.3 is 5.97 Å². The number of amides is 1. The molecule has 0 radical (unpaired) electrons. The summed E-state index contributed by atoms with van der Waals surface area (Å²) in [5.41, 5.74) is 1.90. The van der Waals surface area contributed by atoms with E-state index < -0.39 is 11.5 Å². The van der Waals surface area contributed by atoms with Gasteiger partial charge in [0.15, 0.2) is 5.54 Å². The molecule has 1 atom stereocenters. The summed E-state index contributed by atoms with van der Waals surface area (Å²) in [5, 5.41) is 11.9. The van der Waals surface area contributed by atoms with Crippen LogP contribution in [0.1, 0.15) is 23.1 Å². The number of carboxylic acid groups (broad SMARTS) is 1. The number of hydrogen-bond donors (Lipinski definition) is 2. The van der Waals surface area contributed by atoms with Gasteiger partial charge in [-0.2, -0.15) is 0 Å². The van der Waals surface area contributed by atoms with Crippen LogP contribution < -0.4 is 5.32 Å². The van der Waals surface area contributed by atoms with Crippen molar-refractivity contribution in [3.05, 3.63) is 34.9 Å². The minimum atomic E-state index is -1.27. The van der Waals surface area contributed by atoms with E-state index in [1.807, 2.05) is 32.0 Å². The van der Waals surface area contributed by atoms with Crippen LogP contribution in [0, 0.1) is 13.8 Å². The van der Waals surface area contributed by atoms with Crippen molar-refractivity contribution in [2.24, 2.45) is 0 Å². The zero-order valence-electron chi connectivity index (χ0n) is 11.7. The Morgan fingerprint density at radius 3 is 2.65 bits per heavy atom. The standard InChI is InChI=1S/C15H19NO4/c1-10-3-4-12(7-11(10)2)8-13(17)16-15(14(18)19)5-6-20-9-15/h3-4,7H,5-6,8-9H2,1-2H3,(H,16,17)(H,18,19). The average Bonchev–Trinajstić information content (AvgIpc) is 2.83. The number of nitrogens with one attached hydrogen (secondary N) is 1. The molecule has 0 aliphatic carbocycles. The Morgan fingerprint density at radius 2 is 2.10 bits per heavy atom. The summed E-state index contributed by atoms with van der Waals surface area (Å²) in [6, 6.07) is 5.80. The first-order valence-electron chi connectivity index (χ1n) is 6.61. The summed E-state index contributed by atoms with van der Waals surface area (Å²) in [6.07, 6.45) is 0.483. The van der Waals surface area contributed by atoms with Crippen LogP contribution in [0.4, 0.5) is 0 Å². The number of hydrogen-bond acceptors (Lipinski definition) is 3. The van der Waals surface area contributed by atoms with Gasteiger partial charge in [0, 0.05) is 13.0 Å². The fourth-order valence-electron chi connectivity index (χ4n) is 2.30. The fraction of sp³-hybridized carbons (Fsp3) is 0.467. The van der Waals surface area contributed by atoms with Crippen LogP contribution in [0.25, 0.3) is 0 Å². The van der Waals surface area contributed by atoms with E-state index in [1.54, 1.807) is 0 Å². The van der Waals surface area contributed by atoms with Gasteiger partial charge < -0.3 is 15.2 Å². The quantitative estimate of drug-likeness (QED) is 0.867. The van der Waals surface area contributed by atoms with Crippen molar-refractivity contribution in [1.82, 2.24) is 5.32 Å². The molecule has 108 valence electrons. The zero-order chi connectivity index (χ0) is 14.8. The minimum absolute atomic E-state index is 0.0288. The van der Waals surface area contributed by atoms with E-state index in [2.05, 4.69) is 5.32 Å². The molecule has 1 fully saturated rings. The number of aryl methyl sites for hydroxylation is 2. The fourth-order valence-corrected chi connectivity index (χ4v) is 2.30. The van der Waals surface area contributed by atoms with Crippen molar-refractivity contribution >= 4 is 11.9 Å². The maximum absolute atomic E-state index is 12.0. The summed E-state index contributed by atoms with van der Waals surface area (Å²) < 4.78 is 5.11. The van der Waals surface area contributed by atoms with Crippen LogP contribution in [0.2, 0.25) is 0 Å². The third kappa shape index (κ3) is 2.99. The Balaban J connectivity index is 2.04. The number of carbonyl (C=O) groups is 2. The number of ether oxygens (including phenoxy) is 1. The molecule has 1 amide bonds. The van der Waals surface area contributed by atoms with Crippen LogP contribution in [-0.4, -0.2) is 35.7 Å². The van der Waals surface area contributed by atoms with Crippen LogP contribution in [0.3, 0.4) is 0 Å². The molecule has 5 heteroatoms. The molecule has 1 aliphatic rings. The molecule has 0 spiro atoms. The molecule has 20 heavy (non-hydrogen) atoms. The summed E-state index contributed by atoms with van der Waals surface area (Å²) in [4.78, 5) is 23.4. The van der Waals surface area contributed by atoms with Crippen LogP contribution in [-0.2, 0) is 20.7 Å². The lowest BCUT2D eigenvalue weighted by atomic mass is 9.98. The van der Waals surface area contributed by atoms with Crippen molar-refractivity contribution in [2.75, 3.05) is 13.2 Å². The molecule has 0 aromatic heterocycles. The number of carbonyl (C=O) groups excluding carboxylic acids is 1. The van der Waals surface area contributed by atoms with Crippen molar-refractivity contribution in [3.8, 4) is 0 Å². The van der Waals surface area contributed by atoms with Gasteiger partial charge in [0.05, 0.1) is 13.0 Å². The van der Waals surface area contributed by atoms with Gasteiger partial charge in [-0.05, 0) is 30.5 Å². The second-order valence-electron chi connectivity index (χ2n) is 5.33. The van der Waals surface area contributed by atoms with E-state index in [0.29, 0.717) is 13.0 Å². The second kappa shape index (κ2) is 5.63. The average molecular weight is 277 g/mol. The Morgan fingerprint density at radius 1 is 1.35 bits per heavy atom. The molecule has 0 saturated carbocycles. The minimum Gasteiger partial charge on any atom is -0.479 e. The molecular weight excluding hydrogens is 258 g/mol. The van der Waals surface area contributed by atoms with E-state index >= 15 is 0 Å². The zero-order valence-corrected chi connectivity index (χ0v) is 11.7. The van der Waals surface area contributed by atoms with Crippen LogP contribution in [0.5, 0.6) is 0 Å². The summed E-state index contributed by atoms with van der Waals surface area (Å²) in [7, 11) is 0. The normalized spacial score (nSPS) is 21.7. The monoisotopic (exact) mass is 277 g/mol. The lowest BCUT2D eigenvalue weighted by molar-refractivity contribution is -0.147. The molecule has 0 bridgehead atoms. The first-order chi connectivity index (χ1) is 9.43. The van der Waals surface area contributed by atoms with Gasteiger partial charge in [-0.15, -0.1) is 0 Å². The topological polar surface area (TPSA) is 75.6 Å². The lowest BCUT2D eigenvalue weighted by Gasteiger charge is -2.23.